The van der Waals surface area contributed by atoms with Crippen molar-refractivity contribution < 1.29 is 9.32 Å². The molecule has 0 unspecified atom stereocenters. The second kappa shape index (κ2) is 8.22. The second-order valence-corrected chi connectivity index (χ2v) is 8.46. The van der Waals surface area contributed by atoms with Crippen molar-refractivity contribution in [1.29, 1.82) is 0 Å². The third-order valence-electron chi connectivity index (χ3n) is 4.57. The summed E-state index contributed by atoms with van der Waals surface area (Å²) in [4.78, 5) is 21.7. The molecule has 26 heavy (non-hydrogen) atoms. The van der Waals surface area contributed by atoms with Gasteiger partial charge in [-0.25, -0.2) is 4.98 Å². The number of carbonyl (C=O) groups is 1. The minimum atomic E-state index is 0.0817. The Balaban J connectivity index is 1.62. The van der Waals surface area contributed by atoms with Gasteiger partial charge in [0.05, 0.1) is 11.3 Å². The average molecular weight is 375 g/mol. The lowest BCUT2D eigenvalue weighted by Gasteiger charge is -2.35. The van der Waals surface area contributed by atoms with Gasteiger partial charge in [0, 0.05) is 49.7 Å². The summed E-state index contributed by atoms with van der Waals surface area (Å²) in [5.74, 6) is 0.963. The van der Waals surface area contributed by atoms with E-state index in [0.717, 1.165) is 54.8 Å². The lowest BCUT2D eigenvalue weighted by atomic mass is 10.1. The normalized spacial score (nSPS) is 15.7. The number of hydrogen-bond acceptors (Lipinski definition) is 6. The van der Waals surface area contributed by atoms with Crippen molar-refractivity contribution in [1.82, 2.24) is 19.9 Å². The summed E-state index contributed by atoms with van der Waals surface area (Å²) in [5.41, 5.74) is 2.82. The molecular formula is C19H26N4O2S. The summed E-state index contributed by atoms with van der Waals surface area (Å²) >= 11 is 1.64. The molecule has 2 aromatic heterocycles. The Morgan fingerprint density at radius 1 is 1.27 bits per heavy atom. The van der Waals surface area contributed by atoms with Crippen molar-refractivity contribution in [2.24, 2.45) is 0 Å². The van der Waals surface area contributed by atoms with E-state index in [1.54, 1.807) is 18.0 Å². The van der Waals surface area contributed by atoms with E-state index >= 15 is 0 Å². The quantitative estimate of drug-likeness (QED) is 0.749. The van der Waals surface area contributed by atoms with Gasteiger partial charge in [0.1, 0.15) is 10.8 Å². The number of nitrogens with zero attached hydrogens (tertiary/aromatic N) is 4. The van der Waals surface area contributed by atoms with E-state index in [4.69, 9.17) is 4.52 Å². The first kappa shape index (κ1) is 18.9. The van der Waals surface area contributed by atoms with Crippen LogP contribution in [0.25, 0.3) is 0 Å². The van der Waals surface area contributed by atoms with Gasteiger partial charge in [0.25, 0.3) is 5.91 Å². The van der Waals surface area contributed by atoms with Gasteiger partial charge in [0.15, 0.2) is 0 Å². The summed E-state index contributed by atoms with van der Waals surface area (Å²) in [6.07, 6.45) is 1.75. The van der Waals surface area contributed by atoms with Gasteiger partial charge < -0.3 is 9.42 Å². The fourth-order valence-electron chi connectivity index (χ4n) is 3.10. The monoisotopic (exact) mass is 374 g/mol. The number of amides is 1. The first-order chi connectivity index (χ1) is 12.5. The molecule has 6 nitrogen and oxygen atoms in total. The molecule has 0 aliphatic carbocycles. The van der Waals surface area contributed by atoms with Crippen LogP contribution in [0.4, 0.5) is 0 Å². The molecule has 0 bridgehead atoms. The van der Waals surface area contributed by atoms with Crippen molar-refractivity contribution in [3.05, 3.63) is 40.9 Å². The van der Waals surface area contributed by atoms with Gasteiger partial charge in [-0.1, -0.05) is 19.0 Å². The lowest BCUT2D eigenvalue weighted by Crippen LogP contribution is -2.48. The van der Waals surface area contributed by atoms with Crippen molar-refractivity contribution in [2.75, 3.05) is 26.2 Å². The smallest absolute Gasteiger partial charge is 0.256 e. The standard InChI is InChI=1S/C19H26N4O2S/c1-13(2)26-18-16(6-5-7-20-18)19(24)23-10-8-22(9-11-23)12-17-14(3)21-25-15(17)4/h5-7,13H,8-12H2,1-4H3. The van der Waals surface area contributed by atoms with E-state index in [1.165, 1.54) is 0 Å². The number of aromatic nitrogens is 2. The Morgan fingerprint density at radius 3 is 2.62 bits per heavy atom. The van der Waals surface area contributed by atoms with Crippen molar-refractivity contribution in [3.8, 4) is 0 Å². The zero-order valence-corrected chi connectivity index (χ0v) is 16.7. The molecule has 1 fully saturated rings. The van der Waals surface area contributed by atoms with Crippen LogP contribution < -0.4 is 0 Å². The topological polar surface area (TPSA) is 62.5 Å². The molecule has 0 aromatic carbocycles. The van der Waals surface area contributed by atoms with Gasteiger partial charge in [-0.2, -0.15) is 0 Å². The largest absolute Gasteiger partial charge is 0.361 e. The highest BCUT2D eigenvalue weighted by molar-refractivity contribution is 7.99. The number of carbonyl (C=O) groups excluding carboxylic acids is 1. The van der Waals surface area contributed by atoms with Crippen molar-refractivity contribution in [3.63, 3.8) is 0 Å². The van der Waals surface area contributed by atoms with Crippen LogP contribution in [0.2, 0.25) is 0 Å². The van der Waals surface area contributed by atoms with E-state index in [9.17, 15) is 4.79 Å². The molecule has 3 heterocycles. The Hall–Kier alpha value is -1.86. The minimum Gasteiger partial charge on any atom is -0.361 e. The molecule has 3 rings (SSSR count). The van der Waals surface area contributed by atoms with Crippen LogP contribution in [0.5, 0.6) is 0 Å². The van der Waals surface area contributed by atoms with E-state index in [2.05, 4.69) is 28.9 Å². The third kappa shape index (κ3) is 4.27. The predicted molar refractivity (Wildman–Crippen MR) is 102 cm³/mol. The maximum Gasteiger partial charge on any atom is 0.256 e. The molecule has 0 spiro atoms. The first-order valence-electron chi connectivity index (χ1n) is 9.00. The molecule has 1 aliphatic rings. The van der Waals surface area contributed by atoms with E-state index < -0.39 is 0 Å². The summed E-state index contributed by atoms with van der Waals surface area (Å²) in [6.45, 7) is 12.1. The highest BCUT2D eigenvalue weighted by Crippen LogP contribution is 2.25. The van der Waals surface area contributed by atoms with Crippen LogP contribution in [0.15, 0.2) is 27.9 Å². The van der Waals surface area contributed by atoms with Crippen LogP contribution in [-0.4, -0.2) is 57.3 Å². The molecule has 7 heteroatoms. The highest BCUT2D eigenvalue weighted by Gasteiger charge is 2.25. The van der Waals surface area contributed by atoms with Crippen LogP contribution in [-0.2, 0) is 6.54 Å². The molecular weight excluding hydrogens is 348 g/mol. The first-order valence-corrected chi connectivity index (χ1v) is 9.88. The van der Waals surface area contributed by atoms with Gasteiger partial charge in [-0.15, -0.1) is 11.8 Å². The number of pyridine rings is 1. The SMILES string of the molecule is Cc1noc(C)c1CN1CCN(C(=O)c2cccnc2SC(C)C)CC1. The Kier molecular flexibility index (Phi) is 5.98. The van der Waals surface area contributed by atoms with Crippen LogP contribution in [0.1, 0.15) is 41.2 Å². The molecule has 1 amide bonds. The Labute approximate surface area is 158 Å². The number of hydrogen-bond donors (Lipinski definition) is 0. The number of aryl methyl sites for hydroxylation is 2. The van der Waals surface area contributed by atoms with E-state index in [-0.39, 0.29) is 5.91 Å². The van der Waals surface area contributed by atoms with Gasteiger partial charge in [-0.3, -0.25) is 9.69 Å². The summed E-state index contributed by atoms with van der Waals surface area (Å²) in [6, 6.07) is 3.72. The molecule has 0 N–H and O–H groups in total. The van der Waals surface area contributed by atoms with E-state index in [0.29, 0.717) is 10.8 Å². The molecule has 0 atom stereocenters. The van der Waals surface area contributed by atoms with Crippen molar-refractivity contribution in [2.45, 2.75) is 44.5 Å². The number of rotatable bonds is 5. The Bertz CT molecular complexity index is 747. The zero-order valence-electron chi connectivity index (χ0n) is 15.9. The van der Waals surface area contributed by atoms with Gasteiger partial charge in [0.2, 0.25) is 0 Å². The molecule has 1 saturated heterocycles. The maximum atomic E-state index is 13.0. The summed E-state index contributed by atoms with van der Waals surface area (Å²) in [7, 11) is 0. The Morgan fingerprint density at radius 2 is 2.00 bits per heavy atom. The molecule has 2 aromatic rings. The lowest BCUT2D eigenvalue weighted by molar-refractivity contribution is 0.0623. The fraction of sp³-hybridized carbons (Fsp3) is 0.526. The summed E-state index contributed by atoms with van der Waals surface area (Å²) < 4.78 is 5.25. The zero-order chi connectivity index (χ0) is 18.7. The minimum absolute atomic E-state index is 0.0817. The molecule has 0 saturated carbocycles. The maximum absolute atomic E-state index is 13.0. The van der Waals surface area contributed by atoms with E-state index in [1.807, 2.05) is 30.9 Å². The molecule has 0 radical (unpaired) electrons. The average Bonchev–Trinajstić information content (AvgIpc) is 2.94. The predicted octanol–water partition coefficient (Wildman–Crippen LogP) is 3.14. The van der Waals surface area contributed by atoms with Gasteiger partial charge >= 0.3 is 0 Å². The van der Waals surface area contributed by atoms with Crippen LogP contribution in [0.3, 0.4) is 0 Å². The second-order valence-electron chi connectivity index (χ2n) is 6.89. The van der Waals surface area contributed by atoms with Crippen LogP contribution >= 0.6 is 11.8 Å². The fourth-order valence-corrected chi connectivity index (χ4v) is 3.95. The van der Waals surface area contributed by atoms with Crippen LogP contribution in [0, 0.1) is 13.8 Å². The number of thioether (sulfide) groups is 1. The number of piperazine rings is 1. The third-order valence-corrected chi connectivity index (χ3v) is 5.59. The molecule has 140 valence electrons. The van der Waals surface area contributed by atoms with Gasteiger partial charge in [-0.05, 0) is 26.0 Å². The molecule has 1 aliphatic heterocycles. The highest BCUT2D eigenvalue weighted by atomic mass is 32.2. The summed E-state index contributed by atoms with van der Waals surface area (Å²) in [5, 5.41) is 5.24. The van der Waals surface area contributed by atoms with Crippen molar-refractivity contribution >= 4 is 17.7 Å².